The predicted octanol–water partition coefficient (Wildman–Crippen LogP) is 3.14. The van der Waals surface area contributed by atoms with Gasteiger partial charge in [0.1, 0.15) is 0 Å². The van der Waals surface area contributed by atoms with Gasteiger partial charge in [-0.05, 0) is 47.9 Å². The first-order valence-electron chi connectivity index (χ1n) is 10.5. The number of benzene rings is 1. The van der Waals surface area contributed by atoms with Gasteiger partial charge in [0, 0.05) is 38.5 Å². The molecule has 0 amide bonds. The van der Waals surface area contributed by atoms with E-state index in [0.717, 1.165) is 50.8 Å². The monoisotopic (exact) mass is 424 g/mol. The summed E-state index contributed by atoms with van der Waals surface area (Å²) in [6.45, 7) is 6.34. The maximum atomic E-state index is 13.0. The van der Waals surface area contributed by atoms with Gasteiger partial charge >= 0.3 is 6.18 Å². The predicted molar refractivity (Wildman–Crippen MR) is 105 cm³/mol. The van der Waals surface area contributed by atoms with Crippen molar-refractivity contribution < 1.29 is 17.9 Å². The Hall–Kier alpha value is -2.20. The number of nitrogens with zero attached hydrogens (tertiary/aromatic N) is 6. The van der Waals surface area contributed by atoms with Gasteiger partial charge in [-0.2, -0.15) is 13.2 Å². The van der Waals surface area contributed by atoms with Gasteiger partial charge in [-0.1, -0.05) is 13.0 Å². The highest BCUT2D eigenvalue weighted by Gasteiger charge is 2.32. The van der Waals surface area contributed by atoms with Crippen LogP contribution in [0.5, 0.6) is 0 Å². The number of piperazine rings is 1. The lowest BCUT2D eigenvalue weighted by molar-refractivity contribution is -0.137. The van der Waals surface area contributed by atoms with Crippen LogP contribution in [0.3, 0.4) is 0 Å². The van der Waals surface area contributed by atoms with Gasteiger partial charge in [0.25, 0.3) is 0 Å². The van der Waals surface area contributed by atoms with E-state index in [1.54, 1.807) is 6.07 Å². The average Bonchev–Trinajstić information content (AvgIpc) is 3.42. The van der Waals surface area contributed by atoms with Crippen molar-refractivity contribution >= 4 is 5.69 Å². The van der Waals surface area contributed by atoms with Crippen molar-refractivity contribution in [1.29, 1.82) is 0 Å². The summed E-state index contributed by atoms with van der Waals surface area (Å²) in [5, 5.41) is 12.3. The number of ether oxygens (including phenoxy) is 1. The zero-order valence-corrected chi connectivity index (χ0v) is 17.1. The normalized spacial score (nSPS) is 21.9. The molecule has 0 N–H and O–H groups in total. The molecule has 10 heteroatoms. The van der Waals surface area contributed by atoms with Crippen LogP contribution in [-0.2, 0) is 17.5 Å². The molecule has 0 radical (unpaired) electrons. The van der Waals surface area contributed by atoms with E-state index in [-0.39, 0.29) is 12.1 Å². The average molecular weight is 424 g/mol. The molecule has 4 rings (SSSR count). The van der Waals surface area contributed by atoms with Crippen LogP contribution >= 0.6 is 0 Å². The van der Waals surface area contributed by atoms with Crippen molar-refractivity contribution in [2.45, 2.75) is 51.1 Å². The van der Waals surface area contributed by atoms with E-state index in [9.17, 15) is 13.2 Å². The lowest BCUT2D eigenvalue weighted by Crippen LogP contribution is -2.48. The van der Waals surface area contributed by atoms with Gasteiger partial charge < -0.3 is 9.64 Å². The van der Waals surface area contributed by atoms with Crippen molar-refractivity contribution in [3.63, 3.8) is 0 Å². The Morgan fingerprint density at radius 3 is 2.67 bits per heavy atom. The van der Waals surface area contributed by atoms with E-state index in [1.165, 1.54) is 12.1 Å². The first-order chi connectivity index (χ1) is 14.5. The van der Waals surface area contributed by atoms with E-state index in [4.69, 9.17) is 4.74 Å². The van der Waals surface area contributed by atoms with Crippen LogP contribution < -0.4 is 4.90 Å². The number of aromatic nitrogens is 4. The summed E-state index contributed by atoms with van der Waals surface area (Å²) in [7, 11) is 0. The molecule has 7 nitrogen and oxygen atoms in total. The zero-order valence-electron chi connectivity index (χ0n) is 17.1. The largest absolute Gasteiger partial charge is 0.416 e. The second-order valence-corrected chi connectivity index (χ2v) is 7.85. The van der Waals surface area contributed by atoms with Crippen LogP contribution in [0.25, 0.3) is 0 Å². The van der Waals surface area contributed by atoms with Gasteiger partial charge in [0.2, 0.25) is 0 Å². The number of alkyl halides is 3. The van der Waals surface area contributed by atoms with Crippen molar-refractivity contribution in [2.75, 3.05) is 37.7 Å². The lowest BCUT2D eigenvalue weighted by atomic mass is 10.1. The molecule has 1 aromatic carbocycles. The Balaban J connectivity index is 1.41. The molecule has 2 atom stereocenters. The van der Waals surface area contributed by atoms with Crippen molar-refractivity contribution in [2.24, 2.45) is 0 Å². The smallest absolute Gasteiger partial charge is 0.376 e. The second-order valence-electron chi connectivity index (χ2n) is 7.85. The molecule has 3 heterocycles. The van der Waals surface area contributed by atoms with Crippen molar-refractivity contribution in [3.05, 3.63) is 35.7 Å². The van der Waals surface area contributed by atoms with Crippen LogP contribution in [0.1, 0.15) is 43.6 Å². The first-order valence-corrected chi connectivity index (χ1v) is 10.5. The molecule has 0 bridgehead atoms. The fraction of sp³-hybridized carbons (Fsp3) is 0.650. The van der Waals surface area contributed by atoms with Gasteiger partial charge in [0.15, 0.2) is 5.82 Å². The van der Waals surface area contributed by atoms with E-state index in [2.05, 4.69) is 27.3 Å². The Kier molecular flexibility index (Phi) is 6.24. The topological polar surface area (TPSA) is 59.3 Å². The highest BCUT2D eigenvalue weighted by Crippen LogP contribution is 2.32. The summed E-state index contributed by atoms with van der Waals surface area (Å²) in [4.78, 5) is 4.33. The molecular weight excluding hydrogens is 397 g/mol. The quantitative estimate of drug-likeness (QED) is 0.710. The molecule has 2 saturated heterocycles. The highest BCUT2D eigenvalue weighted by atomic mass is 19.4. The van der Waals surface area contributed by atoms with E-state index < -0.39 is 11.7 Å². The van der Waals surface area contributed by atoms with E-state index in [0.29, 0.717) is 25.3 Å². The summed E-state index contributed by atoms with van der Waals surface area (Å²) >= 11 is 0. The molecule has 0 spiro atoms. The zero-order chi connectivity index (χ0) is 21.1. The summed E-state index contributed by atoms with van der Waals surface area (Å²) < 4.78 is 46.7. The van der Waals surface area contributed by atoms with Crippen molar-refractivity contribution in [3.8, 4) is 0 Å². The number of hydrogen-bond acceptors (Lipinski definition) is 6. The van der Waals surface area contributed by atoms with Crippen LogP contribution in [-0.4, -0.2) is 64.0 Å². The van der Waals surface area contributed by atoms with Crippen molar-refractivity contribution in [1.82, 2.24) is 25.1 Å². The minimum atomic E-state index is -4.33. The molecule has 0 aliphatic carbocycles. The fourth-order valence-electron chi connectivity index (χ4n) is 4.34. The standard InChI is InChI=1S/C20H27F3N6O/c1-2-18(19-24-25-26-29(19)14-17-7-4-12-30-17)28-10-8-27(9-11-28)16-6-3-5-15(13-16)20(21,22)23/h3,5-6,13,17-18H,2,4,7-12,14H2,1H3. The maximum Gasteiger partial charge on any atom is 0.416 e. The first kappa shape index (κ1) is 21.0. The number of anilines is 1. The van der Waals surface area contributed by atoms with Crippen LogP contribution in [0.15, 0.2) is 24.3 Å². The number of hydrogen-bond donors (Lipinski definition) is 0. The van der Waals surface area contributed by atoms with Gasteiger partial charge in [-0.15, -0.1) is 5.10 Å². The molecule has 2 fully saturated rings. The molecule has 2 unspecified atom stereocenters. The van der Waals surface area contributed by atoms with E-state index >= 15 is 0 Å². The summed E-state index contributed by atoms with van der Waals surface area (Å²) in [5.41, 5.74) is 0.00270. The van der Waals surface area contributed by atoms with Crippen LogP contribution in [0.2, 0.25) is 0 Å². The molecule has 1 aromatic heterocycles. The Labute approximate surface area is 173 Å². The van der Waals surface area contributed by atoms with Gasteiger partial charge in [0.05, 0.1) is 24.3 Å². The fourth-order valence-corrected chi connectivity index (χ4v) is 4.34. The Bertz CT molecular complexity index is 828. The van der Waals surface area contributed by atoms with Crippen LogP contribution in [0.4, 0.5) is 18.9 Å². The Morgan fingerprint density at radius 2 is 2.00 bits per heavy atom. The van der Waals surface area contributed by atoms with Gasteiger partial charge in [-0.3, -0.25) is 4.90 Å². The molecule has 2 aliphatic rings. The van der Waals surface area contributed by atoms with E-state index in [1.807, 2.05) is 9.58 Å². The number of tetrazole rings is 1. The summed E-state index contributed by atoms with van der Waals surface area (Å²) in [6.07, 6.45) is -1.23. The SMILES string of the molecule is CCC(c1nnnn1CC1CCCO1)N1CCN(c2cccc(C(F)(F)F)c2)CC1. The third kappa shape index (κ3) is 4.59. The molecule has 2 aromatic rings. The molecular formula is C20H27F3N6O. The summed E-state index contributed by atoms with van der Waals surface area (Å²) in [5.74, 6) is 0.834. The highest BCUT2D eigenvalue weighted by molar-refractivity contribution is 5.49. The summed E-state index contributed by atoms with van der Waals surface area (Å²) in [6, 6.07) is 5.63. The minimum absolute atomic E-state index is 0.0741. The lowest BCUT2D eigenvalue weighted by Gasteiger charge is -2.39. The minimum Gasteiger partial charge on any atom is -0.376 e. The molecule has 0 saturated carbocycles. The van der Waals surface area contributed by atoms with Gasteiger partial charge in [-0.25, -0.2) is 4.68 Å². The Morgan fingerprint density at radius 1 is 1.20 bits per heavy atom. The molecule has 2 aliphatic heterocycles. The maximum absolute atomic E-state index is 13.0. The third-order valence-corrected chi connectivity index (χ3v) is 5.94. The molecule has 30 heavy (non-hydrogen) atoms. The number of rotatable bonds is 6. The van der Waals surface area contributed by atoms with Crippen LogP contribution in [0, 0.1) is 0 Å². The second kappa shape index (κ2) is 8.89. The third-order valence-electron chi connectivity index (χ3n) is 5.94. The molecule has 164 valence electrons. The number of halogens is 3.